The van der Waals surface area contributed by atoms with Gasteiger partial charge in [0.2, 0.25) is 0 Å². The molecule has 0 spiro atoms. The first-order chi connectivity index (χ1) is 9.16. The van der Waals surface area contributed by atoms with E-state index in [9.17, 15) is 0 Å². The minimum absolute atomic E-state index is 0.346. The van der Waals surface area contributed by atoms with Crippen LogP contribution >= 0.6 is 23.8 Å². The second-order valence-corrected chi connectivity index (χ2v) is 5.00. The minimum atomic E-state index is 0.346. The maximum absolute atomic E-state index is 6.16. The highest BCUT2D eigenvalue weighted by Crippen LogP contribution is 2.19. The van der Waals surface area contributed by atoms with E-state index in [0.717, 1.165) is 16.7 Å². The monoisotopic (exact) mass is 291 g/mol. The average molecular weight is 292 g/mol. The fourth-order valence-electron chi connectivity index (χ4n) is 1.67. The second kappa shape index (κ2) is 6.66. The smallest absolute Gasteiger partial charge is 0.104 e. The number of nitrogens with two attached hydrogens (primary N) is 1. The van der Waals surface area contributed by atoms with Crippen LogP contribution in [0.3, 0.4) is 0 Å². The summed E-state index contributed by atoms with van der Waals surface area (Å²) in [7, 11) is 0. The van der Waals surface area contributed by atoms with Crippen molar-refractivity contribution in [3.05, 3.63) is 70.2 Å². The highest BCUT2D eigenvalue weighted by molar-refractivity contribution is 7.80. The van der Waals surface area contributed by atoms with Gasteiger partial charge in [0.15, 0.2) is 0 Å². The van der Waals surface area contributed by atoms with E-state index in [4.69, 9.17) is 34.3 Å². The van der Waals surface area contributed by atoms with Crippen LogP contribution in [-0.4, -0.2) is 4.99 Å². The van der Waals surface area contributed by atoms with Gasteiger partial charge in [0.25, 0.3) is 0 Å². The van der Waals surface area contributed by atoms with Crippen molar-refractivity contribution in [3.8, 4) is 0 Å². The van der Waals surface area contributed by atoms with Crippen LogP contribution in [0.1, 0.15) is 16.7 Å². The SMILES string of the molecule is NC(=S)c1ccc(COCc2ccccc2)c(Cl)c1. The predicted molar refractivity (Wildman–Crippen MR) is 82.3 cm³/mol. The third-order valence-corrected chi connectivity index (χ3v) is 3.29. The summed E-state index contributed by atoms with van der Waals surface area (Å²) >= 11 is 11.1. The van der Waals surface area contributed by atoms with Crippen LogP contribution in [0.4, 0.5) is 0 Å². The molecule has 0 saturated heterocycles. The van der Waals surface area contributed by atoms with Crippen molar-refractivity contribution in [1.82, 2.24) is 0 Å². The van der Waals surface area contributed by atoms with Crippen molar-refractivity contribution in [3.63, 3.8) is 0 Å². The molecule has 2 nitrogen and oxygen atoms in total. The van der Waals surface area contributed by atoms with E-state index in [-0.39, 0.29) is 0 Å². The lowest BCUT2D eigenvalue weighted by molar-refractivity contribution is 0.107. The van der Waals surface area contributed by atoms with Gasteiger partial charge in [0, 0.05) is 10.6 Å². The zero-order valence-corrected chi connectivity index (χ0v) is 11.9. The number of thiocarbonyl (C=S) groups is 1. The van der Waals surface area contributed by atoms with Crippen molar-refractivity contribution >= 4 is 28.8 Å². The van der Waals surface area contributed by atoms with Crippen molar-refractivity contribution in [2.75, 3.05) is 0 Å². The van der Waals surface area contributed by atoms with Gasteiger partial charge in [0.1, 0.15) is 4.99 Å². The van der Waals surface area contributed by atoms with Gasteiger partial charge in [0.05, 0.1) is 13.2 Å². The molecule has 0 fully saturated rings. The summed E-state index contributed by atoms with van der Waals surface area (Å²) in [5.74, 6) is 0. The van der Waals surface area contributed by atoms with E-state index in [0.29, 0.717) is 23.2 Å². The first-order valence-electron chi connectivity index (χ1n) is 5.86. The van der Waals surface area contributed by atoms with Gasteiger partial charge in [-0.05, 0) is 17.2 Å². The van der Waals surface area contributed by atoms with Crippen LogP contribution < -0.4 is 5.73 Å². The van der Waals surface area contributed by atoms with Gasteiger partial charge < -0.3 is 10.5 Å². The number of rotatable bonds is 5. The standard InChI is InChI=1S/C15H14ClNOS/c16-14-8-12(15(17)19)6-7-13(14)10-18-9-11-4-2-1-3-5-11/h1-8H,9-10H2,(H2,17,19). The van der Waals surface area contributed by atoms with Crippen LogP contribution in [-0.2, 0) is 18.0 Å². The van der Waals surface area contributed by atoms with Gasteiger partial charge in [-0.25, -0.2) is 0 Å². The summed E-state index contributed by atoms with van der Waals surface area (Å²) in [4.78, 5) is 0.346. The Balaban J connectivity index is 1.95. The number of hydrogen-bond acceptors (Lipinski definition) is 2. The summed E-state index contributed by atoms with van der Waals surface area (Å²) in [6.45, 7) is 1.03. The summed E-state index contributed by atoms with van der Waals surface area (Å²) in [6, 6.07) is 15.5. The molecule has 0 aliphatic heterocycles. The summed E-state index contributed by atoms with van der Waals surface area (Å²) in [6.07, 6.45) is 0. The van der Waals surface area contributed by atoms with E-state index in [1.807, 2.05) is 42.5 Å². The Morgan fingerprint density at radius 3 is 2.47 bits per heavy atom. The molecule has 19 heavy (non-hydrogen) atoms. The quantitative estimate of drug-likeness (QED) is 0.853. The molecule has 0 heterocycles. The second-order valence-electron chi connectivity index (χ2n) is 4.15. The molecule has 0 saturated carbocycles. The van der Waals surface area contributed by atoms with Crippen molar-refractivity contribution in [2.24, 2.45) is 5.73 Å². The molecule has 0 aromatic heterocycles. The van der Waals surface area contributed by atoms with Crippen molar-refractivity contribution < 1.29 is 4.74 Å². The van der Waals surface area contributed by atoms with Crippen LogP contribution in [0.25, 0.3) is 0 Å². The lowest BCUT2D eigenvalue weighted by Gasteiger charge is -2.08. The molecule has 2 N–H and O–H groups in total. The van der Waals surface area contributed by atoms with E-state index in [1.165, 1.54) is 0 Å². The highest BCUT2D eigenvalue weighted by atomic mass is 35.5. The van der Waals surface area contributed by atoms with Gasteiger partial charge in [-0.15, -0.1) is 0 Å². The zero-order chi connectivity index (χ0) is 13.7. The number of benzene rings is 2. The Morgan fingerprint density at radius 1 is 1.11 bits per heavy atom. The third-order valence-electron chi connectivity index (χ3n) is 2.71. The van der Waals surface area contributed by atoms with Gasteiger partial charge in [-0.3, -0.25) is 0 Å². The zero-order valence-electron chi connectivity index (χ0n) is 10.3. The maximum atomic E-state index is 6.16. The lowest BCUT2D eigenvalue weighted by Crippen LogP contribution is -2.09. The maximum Gasteiger partial charge on any atom is 0.104 e. The van der Waals surface area contributed by atoms with Crippen LogP contribution in [0.5, 0.6) is 0 Å². The Labute approximate surface area is 123 Å². The number of ether oxygens (including phenoxy) is 1. The molecule has 0 radical (unpaired) electrons. The fourth-order valence-corrected chi connectivity index (χ4v) is 2.03. The largest absolute Gasteiger partial charge is 0.389 e. The average Bonchev–Trinajstić information content (AvgIpc) is 2.41. The van der Waals surface area contributed by atoms with Gasteiger partial charge >= 0.3 is 0 Å². The Bertz CT molecular complexity index is 572. The molecule has 98 valence electrons. The van der Waals surface area contributed by atoms with E-state index in [2.05, 4.69) is 0 Å². The molecule has 2 aromatic rings. The normalized spacial score (nSPS) is 10.4. The van der Waals surface area contributed by atoms with Crippen molar-refractivity contribution in [1.29, 1.82) is 0 Å². The molecule has 0 atom stereocenters. The Hall–Kier alpha value is -1.42. The van der Waals surface area contributed by atoms with Crippen LogP contribution in [0, 0.1) is 0 Å². The topological polar surface area (TPSA) is 35.2 Å². The molecule has 0 amide bonds. The molecule has 4 heteroatoms. The van der Waals surface area contributed by atoms with Gasteiger partial charge in [-0.1, -0.05) is 66.3 Å². The molecule has 0 aliphatic rings. The molecule has 0 bridgehead atoms. The molecule has 0 unspecified atom stereocenters. The van der Waals surface area contributed by atoms with E-state index in [1.54, 1.807) is 6.07 Å². The first kappa shape index (κ1) is 14.0. The van der Waals surface area contributed by atoms with E-state index >= 15 is 0 Å². The number of halogens is 1. The van der Waals surface area contributed by atoms with Crippen LogP contribution in [0.15, 0.2) is 48.5 Å². The Kier molecular flexibility index (Phi) is 4.91. The third kappa shape index (κ3) is 4.03. The van der Waals surface area contributed by atoms with Gasteiger partial charge in [-0.2, -0.15) is 0 Å². The number of hydrogen-bond donors (Lipinski definition) is 1. The molecule has 0 aliphatic carbocycles. The molecule has 2 aromatic carbocycles. The molecular formula is C15H14ClNOS. The van der Waals surface area contributed by atoms with Crippen molar-refractivity contribution in [2.45, 2.75) is 13.2 Å². The highest BCUT2D eigenvalue weighted by Gasteiger charge is 2.04. The summed E-state index contributed by atoms with van der Waals surface area (Å²) in [5, 5.41) is 0.623. The van der Waals surface area contributed by atoms with Crippen LogP contribution in [0.2, 0.25) is 5.02 Å². The Morgan fingerprint density at radius 2 is 1.84 bits per heavy atom. The molecular weight excluding hydrogens is 278 g/mol. The first-order valence-corrected chi connectivity index (χ1v) is 6.65. The molecule has 2 rings (SSSR count). The summed E-state index contributed by atoms with van der Waals surface area (Å²) in [5.41, 5.74) is 8.39. The van der Waals surface area contributed by atoms with E-state index < -0.39 is 0 Å². The lowest BCUT2D eigenvalue weighted by atomic mass is 10.1. The minimum Gasteiger partial charge on any atom is -0.389 e. The fraction of sp³-hybridized carbons (Fsp3) is 0.133. The summed E-state index contributed by atoms with van der Waals surface area (Å²) < 4.78 is 5.64. The predicted octanol–water partition coefficient (Wildman–Crippen LogP) is 3.69.